The number of carbonyl (C=O) groups is 2. The van der Waals surface area contributed by atoms with Gasteiger partial charge in [-0.15, -0.1) is 0 Å². The minimum atomic E-state index is -0.781. The van der Waals surface area contributed by atoms with Gasteiger partial charge in [0.25, 0.3) is 5.91 Å². The molecular weight excluding hydrogens is 395 g/mol. The van der Waals surface area contributed by atoms with Gasteiger partial charge < -0.3 is 10.6 Å². The van der Waals surface area contributed by atoms with Crippen LogP contribution in [0.2, 0.25) is 5.02 Å². The standard InChI is InChI=1S/C21H18ClFN4O2/c1-2-16-19(12-5-3-6-13(22)9-12)20-25-21(29)17(27(20)26-16)11-18(28)24-15-8-4-7-14(23)10-15/h3-10,17H,2,11H2,1H3,(H,24,28)(H,25,29). The SMILES string of the molecule is CCc1nn2c(c1-c1cccc(Cl)c1)NC(=O)C2CC(=O)Nc1cccc(F)c1. The lowest BCUT2D eigenvalue weighted by molar-refractivity contribution is -0.123. The lowest BCUT2D eigenvalue weighted by Gasteiger charge is -2.10. The predicted molar refractivity (Wildman–Crippen MR) is 109 cm³/mol. The van der Waals surface area contributed by atoms with Gasteiger partial charge in [-0.1, -0.05) is 36.7 Å². The van der Waals surface area contributed by atoms with Crippen LogP contribution in [0.3, 0.4) is 0 Å². The summed E-state index contributed by atoms with van der Waals surface area (Å²) >= 11 is 6.13. The van der Waals surface area contributed by atoms with Crippen LogP contribution in [0.15, 0.2) is 48.5 Å². The average molecular weight is 413 g/mol. The highest BCUT2D eigenvalue weighted by molar-refractivity contribution is 6.30. The van der Waals surface area contributed by atoms with Crippen molar-refractivity contribution < 1.29 is 14.0 Å². The summed E-state index contributed by atoms with van der Waals surface area (Å²) in [6.45, 7) is 1.97. The van der Waals surface area contributed by atoms with Crippen LogP contribution in [0.5, 0.6) is 0 Å². The van der Waals surface area contributed by atoms with Gasteiger partial charge in [-0.2, -0.15) is 5.10 Å². The van der Waals surface area contributed by atoms with Crippen LogP contribution >= 0.6 is 11.6 Å². The number of hydrogen-bond acceptors (Lipinski definition) is 3. The number of nitrogens with one attached hydrogen (secondary N) is 2. The lowest BCUT2D eigenvalue weighted by Crippen LogP contribution is -2.24. The van der Waals surface area contributed by atoms with E-state index in [1.54, 1.807) is 16.8 Å². The van der Waals surface area contributed by atoms with Gasteiger partial charge in [0.1, 0.15) is 17.7 Å². The molecule has 2 amide bonds. The zero-order valence-corrected chi connectivity index (χ0v) is 16.3. The topological polar surface area (TPSA) is 76.0 Å². The average Bonchev–Trinajstić information content (AvgIpc) is 3.17. The summed E-state index contributed by atoms with van der Waals surface area (Å²) in [6, 6.07) is 12.1. The Bertz CT molecular complexity index is 1110. The fourth-order valence-corrected chi connectivity index (χ4v) is 3.66. The van der Waals surface area contributed by atoms with Crippen LogP contribution < -0.4 is 10.6 Å². The second kappa shape index (κ2) is 7.67. The lowest BCUT2D eigenvalue weighted by atomic mass is 10.0. The molecule has 4 rings (SSSR count). The summed E-state index contributed by atoms with van der Waals surface area (Å²) in [5.74, 6) is -0.610. The van der Waals surface area contributed by atoms with Crippen LogP contribution in [0.25, 0.3) is 11.1 Å². The minimum absolute atomic E-state index is 0.116. The molecule has 2 heterocycles. The van der Waals surface area contributed by atoms with Gasteiger partial charge >= 0.3 is 0 Å². The first-order valence-electron chi connectivity index (χ1n) is 9.20. The van der Waals surface area contributed by atoms with E-state index in [9.17, 15) is 14.0 Å². The van der Waals surface area contributed by atoms with Crippen molar-refractivity contribution in [2.45, 2.75) is 25.8 Å². The first kappa shape index (κ1) is 19.1. The smallest absolute Gasteiger partial charge is 0.251 e. The molecule has 1 aliphatic heterocycles. The maximum absolute atomic E-state index is 13.3. The quantitative estimate of drug-likeness (QED) is 0.651. The van der Waals surface area contributed by atoms with Crippen molar-refractivity contribution in [1.82, 2.24) is 9.78 Å². The normalized spacial score (nSPS) is 15.1. The van der Waals surface area contributed by atoms with Crippen molar-refractivity contribution in [2.24, 2.45) is 0 Å². The van der Waals surface area contributed by atoms with E-state index in [1.165, 1.54) is 18.2 Å². The molecule has 2 aromatic carbocycles. The number of carbonyl (C=O) groups excluding carboxylic acids is 2. The number of amides is 2. The summed E-state index contributed by atoms with van der Waals surface area (Å²) < 4.78 is 14.9. The van der Waals surface area contributed by atoms with E-state index in [0.29, 0.717) is 22.9 Å². The van der Waals surface area contributed by atoms with E-state index in [2.05, 4.69) is 15.7 Å². The van der Waals surface area contributed by atoms with E-state index in [-0.39, 0.29) is 12.3 Å². The number of hydrogen-bond donors (Lipinski definition) is 2. The first-order chi connectivity index (χ1) is 14.0. The van der Waals surface area contributed by atoms with E-state index in [1.807, 2.05) is 25.1 Å². The number of halogens is 2. The van der Waals surface area contributed by atoms with Crippen molar-refractivity contribution >= 4 is 34.9 Å². The Balaban J connectivity index is 1.62. The molecule has 1 atom stereocenters. The molecule has 2 N–H and O–H groups in total. The van der Waals surface area contributed by atoms with Crippen molar-refractivity contribution in [3.05, 3.63) is 65.1 Å². The maximum atomic E-state index is 13.3. The molecule has 0 aliphatic carbocycles. The molecule has 3 aromatic rings. The van der Waals surface area contributed by atoms with Crippen LogP contribution in [0.1, 0.15) is 25.1 Å². The van der Waals surface area contributed by atoms with Crippen molar-refractivity contribution in [3.8, 4) is 11.1 Å². The zero-order valence-electron chi connectivity index (χ0n) is 15.6. The third kappa shape index (κ3) is 3.73. The number of anilines is 2. The summed E-state index contributed by atoms with van der Waals surface area (Å²) in [5.41, 5.74) is 2.79. The monoisotopic (exact) mass is 412 g/mol. The molecule has 1 aromatic heterocycles. The summed E-state index contributed by atoms with van der Waals surface area (Å²) in [7, 11) is 0. The van der Waals surface area contributed by atoms with E-state index in [0.717, 1.165) is 16.8 Å². The number of fused-ring (bicyclic) bond motifs is 1. The Labute approximate surface area is 171 Å². The Hall–Kier alpha value is -3.19. The van der Waals surface area contributed by atoms with Crippen molar-refractivity contribution in [3.63, 3.8) is 0 Å². The molecule has 8 heteroatoms. The largest absolute Gasteiger partial charge is 0.326 e. The molecule has 0 saturated carbocycles. The highest BCUT2D eigenvalue weighted by Gasteiger charge is 2.36. The second-order valence-corrected chi connectivity index (χ2v) is 7.18. The van der Waals surface area contributed by atoms with Crippen LogP contribution in [-0.4, -0.2) is 21.6 Å². The Morgan fingerprint density at radius 1 is 1.28 bits per heavy atom. The number of aryl methyl sites for hydroxylation is 1. The molecule has 0 radical (unpaired) electrons. The highest BCUT2D eigenvalue weighted by atomic mass is 35.5. The summed E-state index contributed by atoms with van der Waals surface area (Å²) in [4.78, 5) is 25.0. The third-order valence-corrected chi connectivity index (χ3v) is 4.99. The van der Waals surface area contributed by atoms with Crippen molar-refractivity contribution in [1.29, 1.82) is 0 Å². The minimum Gasteiger partial charge on any atom is -0.326 e. The Kier molecular flexibility index (Phi) is 5.07. The molecule has 0 spiro atoms. The summed E-state index contributed by atoms with van der Waals surface area (Å²) in [5, 5.41) is 10.6. The highest BCUT2D eigenvalue weighted by Crippen LogP contribution is 2.39. The van der Waals surface area contributed by atoms with Gasteiger partial charge in [0.15, 0.2) is 0 Å². The molecule has 0 bridgehead atoms. The molecular formula is C21H18ClFN4O2. The Morgan fingerprint density at radius 2 is 2.07 bits per heavy atom. The second-order valence-electron chi connectivity index (χ2n) is 6.75. The molecule has 0 fully saturated rings. The molecule has 1 unspecified atom stereocenters. The zero-order chi connectivity index (χ0) is 20.5. The number of benzene rings is 2. The van der Waals surface area contributed by atoms with Crippen LogP contribution in [0.4, 0.5) is 15.9 Å². The molecule has 29 heavy (non-hydrogen) atoms. The number of nitrogens with zero attached hydrogens (tertiary/aromatic N) is 2. The summed E-state index contributed by atoms with van der Waals surface area (Å²) in [6.07, 6.45) is 0.537. The molecule has 148 valence electrons. The van der Waals surface area contributed by atoms with Crippen molar-refractivity contribution in [2.75, 3.05) is 10.6 Å². The van der Waals surface area contributed by atoms with Gasteiger partial charge in [-0.3, -0.25) is 9.59 Å². The molecule has 1 aliphatic rings. The van der Waals surface area contributed by atoms with Crippen LogP contribution in [0, 0.1) is 5.82 Å². The van der Waals surface area contributed by atoms with Gasteiger partial charge in [0.2, 0.25) is 5.91 Å². The van der Waals surface area contributed by atoms with Gasteiger partial charge in [0, 0.05) is 16.3 Å². The number of aromatic nitrogens is 2. The van der Waals surface area contributed by atoms with Gasteiger partial charge in [0.05, 0.1) is 12.1 Å². The first-order valence-corrected chi connectivity index (χ1v) is 9.57. The fourth-order valence-electron chi connectivity index (χ4n) is 3.47. The predicted octanol–water partition coefficient (Wildman–Crippen LogP) is 4.43. The van der Waals surface area contributed by atoms with E-state index in [4.69, 9.17) is 11.6 Å². The maximum Gasteiger partial charge on any atom is 0.251 e. The van der Waals surface area contributed by atoms with Gasteiger partial charge in [-0.25, -0.2) is 9.07 Å². The fraction of sp³-hybridized carbons (Fsp3) is 0.190. The van der Waals surface area contributed by atoms with E-state index < -0.39 is 17.8 Å². The van der Waals surface area contributed by atoms with E-state index >= 15 is 0 Å². The molecule has 6 nitrogen and oxygen atoms in total. The number of rotatable bonds is 5. The molecule has 0 saturated heterocycles. The Morgan fingerprint density at radius 3 is 2.79 bits per heavy atom. The third-order valence-electron chi connectivity index (χ3n) is 4.76. The van der Waals surface area contributed by atoms with Gasteiger partial charge in [-0.05, 0) is 42.3 Å². The van der Waals surface area contributed by atoms with Crippen LogP contribution in [-0.2, 0) is 16.0 Å².